The van der Waals surface area contributed by atoms with E-state index in [2.05, 4.69) is 16.8 Å². The van der Waals surface area contributed by atoms with Gasteiger partial charge in [0.25, 0.3) is 0 Å². The van der Waals surface area contributed by atoms with Gasteiger partial charge >= 0.3 is 0 Å². The van der Waals surface area contributed by atoms with Crippen LogP contribution in [0.25, 0.3) is 0 Å². The van der Waals surface area contributed by atoms with Crippen molar-refractivity contribution in [3.8, 4) is 11.5 Å². The molecule has 1 aliphatic heterocycles. The van der Waals surface area contributed by atoms with Crippen molar-refractivity contribution < 1.29 is 14.3 Å². The summed E-state index contributed by atoms with van der Waals surface area (Å²) in [5.41, 5.74) is 1.15. The van der Waals surface area contributed by atoms with E-state index in [4.69, 9.17) is 21.1 Å². The fourth-order valence-corrected chi connectivity index (χ4v) is 3.67. The highest BCUT2D eigenvalue weighted by molar-refractivity contribution is 6.33. The summed E-state index contributed by atoms with van der Waals surface area (Å²) >= 11 is 6.33. The summed E-state index contributed by atoms with van der Waals surface area (Å²) in [5.74, 6) is 2.68. The zero-order valence-corrected chi connectivity index (χ0v) is 16.7. The summed E-state index contributed by atoms with van der Waals surface area (Å²) in [7, 11) is 1.60. The predicted molar refractivity (Wildman–Crippen MR) is 107 cm³/mol. The molecule has 0 spiro atoms. The fourth-order valence-electron chi connectivity index (χ4n) is 3.39. The average Bonchev–Trinajstić information content (AvgIpc) is 3.09. The number of rotatable bonds is 7. The molecule has 1 fully saturated rings. The molecule has 1 aromatic heterocycles. The van der Waals surface area contributed by atoms with E-state index in [-0.39, 0.29) is 17.8 Å². The smallest absolute Gasteiger partial charge is 0.147 e. The van der Waals surface area contributed by atoms with Gasteiger partial charge in [-0.2, -0.15) is 0 Å². The number of carbonyl (C=O) groups excluding carboxylic acids is 1. The summed E-state index contributed by atoms with van der Waals surface area (Å²) in [4.78, 5) is 17.8. The Hall–Kier alpha value is -2.27. The summed E-state index contributed by atoms with van der Waals surface area (Å²) in [6, 6.07) is 9.81. The van der Waals surface area contributed by atoms with Gasteiger partial charge in [-0.15, -0.1) is 0 Å². The van der Waals surface area contributed by atoms with Crippen LogP contribution in [-0.2, 0) is 4.79 Å². The molecule has 5 nitrogen and oxygen atoms in total. The molecular formula is C21H25ClN2O3. The lowest BCUT2D eigenvalue weighted by atomic mass is 9.96. The third-order valence-electron chi connectivity index (χ3n) is 4.82. The molecule has 6 heteroatoms. The third-order valence-corrected chi connectivity index (χ3v) is 5.10. The molecule has 1 aromatic carbocycles. The van der Waals surface area contributed by atoms with Gasteiger partial charge in [0.05, 0.1) is 24.9 Å². The van der Waals surface area contributed by atoms with Crippen molar-refractivity contribution in [1.82, 2.24) is 4.98 Å². The van der Waals surface area contributed by atoms with Crippen molar-refractivity contribution >= 4 is 23.2 Å². The van der Waals surface area contributed by atoms with Crippen LogP contribution in [0.1, 0.15) is 38.2 Å². The third kappa shape index (κ3) is 4.92. The maximum Gasteiger partial charge on any atom is 0.147 e. The molecule has 0 aliphatic carbocycles. The van der Waals surface area contributed by atoms with Crippen LogP contribution in [-0.4, -0.2) is 37.1 Å². The number of methoxy groups -OCH3 is 1. The minimum absolute atomic E-state index is 0.0884. The van der Waals surface area contributed by atoms with Crippen LogP contribution in [0, 0.1) is 0 Å². The van der Waals surface area contributed by atoms with Gasteiger partial charge in [-0.05, 0) is 30.5 Å². The van der Waals surface area contributed by atoms with Crippen molar-refractivity contribution in [2.75, 3.05) is 25.1 Å². The number of pyridine rings is 1. The largest absolute Gasteiger partial charge is 0.495 e. The van der Waals surface area contributed by atoms with Crippen LogP contribution in [0.2, 0.25) is 5.02 Å². The maximum atomic E-state index is 11.3. The number of benzene rings is 1. The number of aromatic nitrogens is 1. The Bertz CT molecular complexity index is 795. The summed E-state index contributed by atoms with van der Waals surface area (Å²) in [6.07, 6.45) is 3.24. The highest BCUT2D eigenvalue weighted by Crippen LogP contribution is 2.30. The summed E-state index contributed by atoms with van der Waals surface area (Å²) < 4.78 is 11.3. The second-order valence-corrected chi connectivity index (χ2v) is 7.44. The molecule has 27 heavy (non-hydrogen) atoms. The van der Waals surface area contributed by atoms with Gasteiger partial charge in [-0.25, -0.2) is 4.98 Å². The Morgan fingerprint density at radius 1 is 1.33 bits per heavy atom. The standard InChI is InChI=1S/C21H25ClN2O3/c1-14(10-15(2)25)16-4-6-17(7-5-16)27-18-8-9-24(13-18)21-20(22)11-19(26-3)12-23-21/h4-7,11-12,14,18H,8-10,13H2,1-3H3/t14-,18-/m1/s1. The van der Waals surface area contributed by atoms with E-state index < -0.39 is 0 Å². The first-order valence-corrected chi connectivity index (χ1v) is 9.54. The monoisotopic (exact) mass is 388 g/mol. The molecule has 0 N–H and O–H groups in total. The van der Waals surface area contributed by atoms with Crippen LogP contribution in [0.5, 0.6) is 11.5 Å². The van der Waals surface area contributed by atoms with Gasteiger partial charge in [0.2, 0.25) is 0 Å². The molecule has 0 radical (unpaired) electrons. The summed E-state index contributed by atoms with van der Waals surface area (Å²) in [6.45, 7) is 5.28. The van der Waals surface area contributed by atoms with Crippen molar-refractivity contribution in [2.24, 2.45) is 0 Å². The van der Waals surface area contributed by atoms with Gasteiger partial charge in [-0.3, -0.25) is 0 Å². The number of anilines is 1. The molecule has 2 aromatic rings. The second kappa shape index (κ2) is 8.61. The second-order valence-electron chi connectivity index (χ2n) is 7.03. The molecule has 2 atom stereocenters. The number of ketones is 1. The predicted octanol–water partition coefficient (Wildman–Crippen LogP) is 4.48. The SMILES string of the molecule is COc1cnc(N2CC[C@@H](Oc3ccc([C@H](C)CC(C)=O)cc3)C2)c(Cl)c1. The first kappa shape index (κ1) is 19.5. The number of nitrogens with zero attached hydrogens (tertiary/aromatic N) is 2. The molecular weight excluding hydrogens is 364 g/mol. The Morgan fingerprint density at radius 2 is 2.07 bits per heavy atom. The van der Waals surface area contributed by atoms with E-state index in [0.29, 0.717) is 17.2 Å². The molecule has 2 heterocycles. The fraction of sp³-hybridized carbons (Fsp3) is 0.429. The van der Waals surface area contributed by atoms with E-state index in [1.807, 2.05) is 24.3 Å². The van der Waals surface area contributed by atoms with Gasteiger partial charge < -0.3 is 19.2 Å². The first-order chi connectivity index (χ1) is 13.0. The van der Waals surface area contributed by atoms with Crippen LogP contribution >= 0.6 is 11.6 Å². The number of hydrogen-bond donors (Lipinski definition) is 0. The van der Waals surface area contributed by atoms with Crippen LogP contribution in [0.4, 0.5) is 5.82 Å². The van der Waals surface area contributed by atoms with E-state index in [0.717, 1.165) is 36.6 Å². The molecule has 144 valence electrons. The Kier molecular flexibility index (Phi) is 6.22. The number of ether oxygens (including phenoxy) is 2. The molecule has 1 saturated heterocycles. The maximum absolute atomic E-state index is 11.3. The lowest BCUT2D eigenvalue weighted by Crippen LogP contribution is -2.25. The Balaban J connectivity index is 1.59. The zero-order valence-electron chi connectivity index (χ0n) is 15.9. The number of carbonyl (C=O) groups is 1. The van der Waals surface area contributed by atoms with E-state index in [1.54, 1.807) is 26.3 Å². The van der Waals surface area contributed by atoms with E-state index in [1.165, 1.54) is 0 Å². The van der Waals surface area contributed by atoms with E-state index in [9.17, 15) is 4.79 Å². The average molecular weight is 389 g/mol. The van der Waals surface area contributed by atoms with Crippen molar-refractivity contribution in [3.05, 3.63) is 47.1 Å². The van der Waals surface area contributed by atoms with Crippen molar-refractivity contribution in [1.29, 1.82) is 0 Å². The lowest BCUT2D eigenvalue weighted by Gasteiger charge is -2.19. The molecule has 1 aliphatic rings. The first-order valence-electron chi connectivity index (χ1n) is 9.16. The molecule has 0 saturated carbocycles. The minimum Gasteiger partial charge on any atom is -0.495 e. The molecule has 0 unspecified atom stereocenters. The van der Waals surface area contributed by atoms with Crippen LogP contribution < -0.4 is 14.4 Å². The molecule has 0 bridgehead atoms. The van der Waals surface area contributed by atoms with Gasteiger partial charge in [-0.1, -0.05) is 30.7 Å². The molecule has 0 amide bonds. The van der Waals surface area contributed by atoms with Gasteiger partial charge in [0.15, 0.2) is 0 Å². The molecule has 3 rings (SSSR count). The van der Waals surface area contributed by atoms with Gasteiger partial charge in [0.1, 0.15) is 29.2 Å². The van der Waals surface area contributed by atoms with Crippen molar-refractivity contribution in [2.45, 2.75) is 38.7 Å². The lowest BCUT2D eigenvalue weighted by molar-refractivity contribution is -0.117. The van der Waals surface area contributed by atoms with Crippen LogP contribution in [0.15, 0.2) is 36.5 Å². The van der Waals surface area contributed by atoms with Crippen LogP contribution in [0.3, 0.4) is 0 Å². The minimum atomic E-state index is 0.0884. The zero-order chi connectivity index (χ0) is 19.4. The van der Waals surface area contributed by atoms with E-state index >= 15 is 0 Å². The highest BCUT2D eigenvalue weighted by Gasteiger charge is 2.26. The number of hydrogen-bond acceptors (Lipinski definition) is 5. The highest BCUT2D eigenvalue weighted by atomic mass is 35.5. The normalized spacial score (nSPS) is 17.6. The van der Waals surface area contributed by atoms with Crippen molar-refractivity contribution in [3.63, 3.8) is 0 Å². The van der Waals surface area contributed by atoms with Gasteiger partial charge in [0, 0.05) is 25.5 Å². The Labute approximate surface area is 165 Å². The quantitative estimate of drug-likeness (QED) is 0.699. The summed E-state index contributed by atoms with van der Waals surface area (Å²) in [5, 5.41) is 0.582. The number of halogens is 1. The topological polar surface area (TPSA) is 51.7 Å². The Morgan fingerprint density at radius 3 is 2.70 bits per heavy atom. The number of Topliss-reactive ketones (excluding diaryl/α,β-unsaturated/α-hetero) is 1.